The van der Waals surface area contributed by atoms with Crippen molar-refractivity contribution in [3.8, 4) is 0 Å². The lowest BCUT2D eigenvalue weighted by Crippen LogP contribution is -2.16. The molecular formula is C23H22N4O2S. The topological polar surface area (TPSA) is 84.0 Å². The molecule has 6 nitrogen and oxygen atoms in total. The lowest BCUT2D eigenvalue weighted by Gasteiger charge is -2.16. The standard InChI is InChI=1S/C23H22N4O2S/c1-15-11-13-18(14-12-15)30(28,29)27-23-22(24-19-9-4-5-10-20(19)25-23)26-21-16(2)7-6-8-17(21)3/h4-14H,1-3H3,(H,24,26)(H,25,27). The Labute approximate surface area is 176 Å². The van der Waals surface area contributed by atoms with Gasteiger partial charge in [0.25, 0.3) is 10.0 Å². The van der Waals surface area contributed by atoms with Crippen LogP contribution in [0, 0.1) is 20.8 Å². The maximum atomic E-state index is 13.0. The molecule has 4 rings (SSSR count). The van der Waals surface area contributed by atoms with Crippen LogP contribution in [0.2, 0.25) is 0 Å². The predicted molar refractivity (Wildman–Crippen MR) is 121 cm³/mol. The van der Waals surface area contributed by atoms with E-state index < -0.39 is 10.0 Å². The largest absolute Gasteiger partial charge is 0.337 e. The zero-order chi connectivity index (χ0) is 21.3. The molecule has 0 spiro atoms. The van der Waals surface area contributed by atoms with Gasteiger partial charge in [-0.05, 0) is 56.2 Å². The maximum Gasteiger partial charge on any atom is 0.263 e. The van der Waals surface area contributed by atoms with Gasteiger partial charge in [-0.3, -0.25) is 4.72 Å². The van der Waals surface area contributed by atoms with Gasteiger partial charge in [0.1, 0.15) is 0 Å². The molecule has 7 heteroatoms. The Kier molecular flexibility index (Phi) is 5.13. The molecule has 0 aliphatic carbocycles. The van der Waals surface area contributed by atoms with Crippen LogP contribution >= 0.6 is 0 Å². The van der Waals surface area contributed by atoms with E-state index in [0.717, 1.165) is 22.4 Å². The number of fused-ring (bicyclic) bond motifs is 1. The molecule has 0 saturated carbocycles. The Morgan fingerprint density at radius 3 is 1.87 bits per heavy atom. The van der Waals surface area contributed by atoms with Crippen LogP contribution in [0.5, 0.6) is 0 Å². The first-order chi connectivity index (χ1) is 14.3. The van der Waals surface area contributed by atoms with Crippen molar-refractivity contribution in [1.82, 2.24) is 9.97 Å². The Balaban J connectivity index is 1.81. The maximum absolute atomic E-state index is 13.0. The molecule has 2 N–H and O–H groups in total. The summed E-state index contributed by atoms with van der Waals surface area (Å²) in [4.78, 5) is 9.36. The van der Waals surface area contributed by atoms with Crippen LogP contribution in [-0.4, -0.2) is 18.4 Å². The molecule has 0 atom stereocenters. The molecule has 30 heavy (non-hydrogen) atoms. The number of aryl methyl sites for hydroxylation is 3. The molecule has 4 aromatic rings. The van der Waals surface area contributed by atoms with Gasteiger partial charge in [0.15, 0.2) is 11.6 Å². The van der Waals surface area contributed by atoms with E-state index in [1.807, 2.05) is 57.2 Å². The molecular weight excluding hydrogens is 396 g/mol. The molecule has 3 aromatic carbocycles. The van der Waals surface area contributed by atoms with E-state index in [1.54, 1.807) is 30.3 Å². The highest BCUT2D eigenvalue weighted by atomic mass is 32.2. The molecule has 1 aromatic heterocycles. The third-order valence-corrected chi connectivity index (χ3v) is 6.21. The van der Waals surface area contributed by atoms with Crippen molar-refractivity contribution < 1.29 is 8.42 Å². The number of sulfonamides is 1. The molecule has 0 saturated heterocycles. The quantitative estimate of drug-likeness (QED) is 0.471. The minimum atomic E-state index is -3.83. The Bertz CT molecular complexity index is 1310. The molecule has 0 aliphatic heterocycles. The minimum absolute atomic E-state index is 0.150. The number of para-hydroxylation sites is 3. The average Bonchev–Trinajstić information content (AvgIpc) is 2.71. The summed E-state index contributed by atoms with van der Waals surface area (Å²) in [6, 6.07) is 20.0. The van der Waals surface area contributed by atoms with Gasteiger partial charge in [0.2, 0.25) is 0 Å². The molecule has 0 radical (unpaired) electrons. The van der Waals surface area contributed by atoms with Gasteiger partial charge in [0.05, 0.1) is 15.9 Å². The van der Waals surface area contributed by atoms with Crippen LogP contribution in [-0.2, 0) is 10.0 Å². The van der Waals surface area contributed by atoms with Gasteiger partial charge in [0, 0.05) is 5.69 Å². The number of nitrogens with one attached hydrogen (secondary N) is 2. The van der Waals surface area contributed by atoms with Gasteiger partial charge in [-0.15, -0.1) is 0 Å². The molecule has 0 fully saturated rings. The number of benzene rings is 3. The van der Waals surface area contributed by atoms with Crippen LogP contribution in [0.25, 0.3) is 11.0 Å². The highest BCUT2D eigenvalue weighted by Gasteiger charge is 2.19. The lowest BCUT2D eigenvalue weighted by atomic mass is 10.1. The molecule has 0 aliphatic rings. The van der Waals surface area contributed by atoms with Gasteiger partial charge in [-0.25, -0.2) is 18.4 Å². The Morgan fingerprint density at radius 2 is 1.27 bits per heavy atom. The lowest BCUT2D eigenvalue weighted by molar-refractivity contribution is 0.601. The van der Waals surface area contributed by atoms with Gasteiger partial charge in [-0.2, -0.15) is 0 Å². The van der Waals surface area contributed by atoms with Crippen molar-refractivity contribution in [2.45, 2.75) is 25.7 Å². The van der Waals surface area contributed by atoms with Gasteiger partial charge in [-0.1, -0.05) is 48.0 Å². The molecule has 1 heterocycles. The molecule has 0 unspecified atom stereocenters. The number of hydrogen-bond donors (Lipinski definition) is 2. The second-order valence-electron chi connectivity index (χ2n) is 7.22. The summed E-state index contributed by atoms with van der Waals surface area (Å²) in [5, 5.41) is 3.28. The number of aromatic nitrogens is 2. The van der Waals surface area contributed by atoms with E-state index in [9.17, 15) is 8.42 Å². The van der Waals surface area contributed by atoms with Crippen LogP contribution in [0.4, 0.5) is 17.3 Å². The summed E-state index contributed by atoms with van der Waals surface area (Å²) in [6.07, 6.45) is 0. The highest BCUT2D eigenvalue weighted by molar-refractivity contribution is 7.92. The van der Waals surface area contributed by atoms with Gasteiger partial charge >= 0.3 is 0 Å². The monoisotopic (exact) mass is 418 g/mol. The van der Waals surface area contributed by atoms with Gasteiger partial charge < -0.3 is 5.32 Å². The summed E-state index contributed by atoms with van der Waals surface area (Å²) in [6.45, 7) is 5.88. The van der Waals surface area contributed by atoms with E-state index in [4.69, 9.17) is 0 Å². The second kappa shape index (κ2) is 7.76. The van der Waals surface area contributed by atoms with E-state index in [2.05, 4.69) is 20.0 Å². The summed E-state index contributed by atoms with van der Waals surface area (Å²) in [7, 11) is -3.83. The second-order valence-corrected chi connectivity index (χ2v) is 8.90. The average molecular weight is 419 g/mol. The van der Waals surface area contributed by atoms with Crippen LogP contribution in [0.1, 0.15) is 16.7 Å². The zero-order valence-electron chi connectivity index (χ0n) is 17.0. The fraction of sp³-hybridized carbons (Fsp3) is 0.130. The Morgan fingerprint density at radius 1 is 0.700 bits per heavy atom. The van der Waals surface area contributed by atoms with Crippen LogP contribution in [0.3, 0.4) is 0 Å². The fourth-order valence-electron chi connectivity index (χ4n) is 3.19. The van der Waals surface area contributed by atoms with E-state index >= 15 is 0 Å². The first-order valence-electron chi connectivity index (χ1n) is 9.53. The van der Waals surface area contributed by atoms with Crippen molar-refractivity contribution in [2.24, 2.45) is 0 Å². The Hall–Kier alpha value is -3.45. The van der Waals surface area contributed by atoms with Crippen molar-refractivity contribution >= 4 is 38.4 Å². The van der Waals surface area contributed by atoms with Crippen molar-refractivity contribution in [2.75, 3.05) is 10.0 Å². The minimum Gasteiger partial charge on any atom is -0.337 e. The summed E-state index contributed by atoms with van der Waals surface area (Å²) < 4.78 is 28.6. The SMILES string of the molecule is Cc1ccc(S(=O)(=O)Nc2nc3ccccc3nc2Nc2c(C)cccc2C)cc1. The molecule has 152 valence electrons. The van der Waals surface area contributed by atoms with E-state index in [-0.39, 0.29) is 10.7 Å². The summed E-state index contributed by atoms with van der Waals surface area (Å²) >= 11 is 0. The first-order valence-corrected chi connectivity index (χ1v) is 11.0. The number of rotatable bonds is 5. The number of anilines is 3. The van der Waals surface area contributed by atoms with Crippen LogP contribution < -0.4 is 10.0 Å². The van der Waals surface area contributed by atoms with Crippen molar-refractivity contribution in [1.29, 1.82) is 0 Å². The predicted octanol–water partition coefficient (Wildman–Crippen LogP) is 5.10. The normalized spacial score (nSPS) is 11.4. The van der Waals surface area contributed by atoms with Crippen molar-refractivity contribution in [3.05, 3.63) is 83.4 Å². The van der Waals surface area contributed by atoms with Crippen molar-refractivity contribution in [3.63, 3.8) is 0 Å². The smallest absolute Gasteiger partial charge is 0.263 e. The van der Waals surface area contributed by atoms with E-state index in [1.165, 1.54) is 0 Å². The van der Waals surface area contributed by atoms with E-state index in [0.29, 0.717) is 16.9 Å². The first kappa shape index (κ1) is 19.8. The zero-order valence-corrected chi connectivity index (χ0v) is 17.8. The third kappa shape index (κ3) is 3.97. The summed E-state index contributed by atoms with van der Waals surface area (Å²) in [5.74, 6) is 0.499. The highest BCUT2D eigenvalue weighted by Crippen LogP contribution is 2.30. The number of nitrogens with zero attached hydrogens (tertiary/aromatic N) is 2. The summed E-state index contributed by atoms with van der Waals surface area (Å²) in [5.41, 5.74) is 5.18. The number of hydrogen-bond acceptors (Lipinski definition) is 5. The molecule has 0 bridgehead atoms. The fourth-order valence-corrected chi connectivity index (χ4v) is 4.20. The molecule has 0 amide bonds. The van der Waals surface area contributed by atoms with Crippen LogP contribution in [0.15, 0.2) is 71.6 Å². The third-order valence-electron chi connectivity index (χ3n) is 4.86.